The number of hydrazine groups is 1. The first-order valence-electron chi connectivity index (χ1n) is 11.2. The number of cyclic esters (lactones) is 1. The molecule has 1 aromatic carbocycles. The van der Waals surface area contributed by atoms with E-state index in [0.29, 0.717) is 6.54 Å². The summed E-state index contributed by atoms with van der Waals surface area (Å²) in [5.74, 6) is -3.38. The summed E-state index contributed by atoms with van der Waals surface area (Å²) < 4.78 is 59.8. The molecule has 11 nitrogen and oxygen atoms in total. The Labute approximate surface area is 212 Å². The Balaban J connectivity index is 1.37. The normalized spacial score (nSPS) is 18.1. The summed E-state index contributed by atoms with van der Waals surface area (Å²) in [5.41, 5.74) is 4.14. The van der Waals surface area contributed by atoms with Gasteiger partial charge in [-0.25, -0.2) is 23.8 Å². The van der Waals surface area contributed by atoms with Gasteiger partial charge in [-0.3, -0.25) is 19.7 Å². The lowest BCUT2D eigenvalue weighted by molar-refractivity contribution is -0.132. The number of ether oxygens (including phenoxy) is 1. The number of benzene rings is 1. The number of nitrogens with one attached hydrogen (secondary N) is 3. The zero-order valence-corrected chi connectivity index (χ0v) is 20.1. The molecule has 0 bridgehead atoms. The largest absolute Gasteiger partial charge is 0.442 e. The topological polar surface area (TPSA) is 119 Å². The Morgan fingerprint density at radius 1 is 1.19 bits per heavy atom. The van der Waals surface area contributed by atoms with Crippen LogP contribution in [-0.2, 0) is 16.1 Å². The highest BCUT2D eigenvalue weighted by atomic mass is 32.1. The van der Waals surface area contributed by atoms with Gasteiger partial charge < -0.3 is 20.3 Å². The van der Waals surface area contributed by atoms with E-state index in [1.165, 1.54) is 21.2 Å². The smallest absolute Gasteiger partial charge is 0.414 e. The van der Waals surface area contributed by atoms with Crippen LogP contribution in [0.5, 0.6) is 0 Å². The number of alkyl halides is 2. The SMILES string of the molecule is O=C(NCC1CN(c2cc(F)c(N3CCNN(C(=O)NCc4cncs4)CC3)c(F)c2)C(=O)O1)C(F)F. The molecule has 37 heavy (non-hydrogen) atoms. The predicted molar refractivity (Wildman–Crippen MR) is 124 cm³/mol. The van der Waals surface area contributed by atoms with Crippen LogP contribution in [0.2, 0.25) is 0 Å². The summed E-state index contributed by atoms with van der Waals surface area (Å²) in [5, 5.41) is 6.01. The van der Waals surface area contributed by atoms with Gasteiger partial charge in [0.15, 0.2) is 11.6 Å². The first-order chi connectivity index (χ1) is 17.7. The van der Waals surface area contributed by atoms with Gasteiger partial charge in [-0.15, -0.1) is 11.3 Å². The highest BCUT2D eigenvalue weighted by Gasteiger charge is 2.34. The van der Waals surface area contributed by atoms with Crippen molar-refractivity contribution in [3.63, 3.8) is 0 Å². The van der Waals surface area contributed by atoms with Crippen molar-refractivity contribution in [1.82, 2.24) is 26.1 Å². The van der Waals surface area contributed by atoms with Gasteiger partial charge in [0, 0.05) is 42.8 Å². The third-order valence-corrected chi connectivity index (χ3v) is 6.41. The fraction of sp³-hybridized carbons (Fsp3) is 0.429. The van der Waals surface area contributed by atoms with E-state index in [1.807, 2.05) is 5.32 Å². The van der Waals surface area contributed by atoms with Crippen LogP contribution in [0, 0.1) is 11.6 Å². The van der Waals surface area contributed by atoms with Crippen molar-refractivity contribution >= 4 is 40.7 Å². The highest BCUT2D eigenvalue weighted by molar-refractivity contribution is 7.09. The second-order valence-electron chi connectivity index (χ2n) is 8.09. The fourth-order valence-corrected chi connectivity index (χ4v) is 4.39. The van der Waals surface area contributed by atoms with E-state index in [4.69, 9.17) is 4.74 Å². The molecule has 2 aliphatic rings. The third-order valence-electron chi connectivity index (χ3n) is 5.63. The van der Waals surface area contributed by atoms with Gasteiger partial charge in [-0.1, -0.05) is 0 Å². The highest BCUT2D eigenvalue weighted by Crippen LogP contribution is 2.31. The molecule has 16 heteroatoms. The number of carbonyl (C=O) groups is 3. The molecule has 2 saturated heterocycles. The second kappa shape index (κ2) is 11.6. The molecule has 4 rings (SSSR count). The maximum Gasteiger partial charge on any atom is 0.414 e. The maximum atomic E-state index is 15.1. The van der Waals surface area contributed by atoms with Crippen LogP contribution in [0.15, 0.2) is 23.8 Å². The van der Waals surface area contributed by atoms with Crippen molar-refractivity contribution in [2.75, 3.05) is 49.1 Å². The minimum Gasteiger partial charge on any atom is -0.442 e. The molecule has 4 amide bonds. The number of thiazole rings is 1. The maximum absolute atomic E-state index is 15.1. The van der Waals surface area contributed by atoms with Gasteiger partial charge in [0.1, 0.15) is 11.8 Å². The number of hydrogen-bond donors (Lipinski definition) is 3. The average molecular weight is 546 g/mol. The minimum absolute atomic E-state index is 0.122. The molecular weight excluding hydrogens is 522 g/mol. The van der Waals surface area contributed by atoms with E-state index in [0.717, 1.165) is 21.9 Å². The minimum atomic E-state index is -3.22. The predicted octanol–water partition coefficient (Wildman–Crippen LogP) is 1.66. The molecule has 0 saturated carbocycles. The number of anilines is 2. The standard InChI is InChI=1S/C21H23F4N7O4S/c22-15-5-12(31-10-13(36-21(31)35)7-27-19(33)18(24)25)6-16(23)17(15)30-2-1-29-32(4-3-30)20(34)28-9-14-8-26-11-37-14/h5-6,8,11,13,18,29H,1-4,7,9-10H2,(H,27,33)(H,28,34). The lowest BCUT2D eigenvalue weighted by Gasteiger charge is -2.25. The van der Waals surface area contributed by atoms with Crippen molar-refractivity contribution in [1.29, 1.82) is 0 Å². The first-order valence-corrected chi connectivity index (χ1v) is 12.0. The molecule has 0 aliphatic carbocycles. The van der Waals surface area contributed by atoms with Gasteiger partial charge in [0.05, 0.1) is 37.4 Å². The van der Waals surface area contributed by atoms with Gasteiger partial charge in [0.2, 0.25) is 0 Å². The molecule has 0 radical (unpaired) electrons. The third kappa shape index (κ3) is 6.37. The summed E-state index contributed by atoms with van der Waals surface area (Å²) in [6, 6.07) is 1.55. The van der Waals surface area contributed by atoms with Gasteiger partial charge in [-0.2, -0.15) is 8.78 Å². The van der Waals surface area contributed by atoms with E-state index < -0.39 is 42.2 Å². The summed E-state index contributed by atoms with van der Waals surface area (Å²) in [6.07, 6.45) is -3.47. The zero-order chi connectivity index (χ0) is 26.5. The van der Waals surface area contributed by atoms with Crippen LogP contribution in [0.3, 0.4) is 0 Å². The van der Waals surface area contributed by atoms with Crippen molar-refractivity contribution in [2.45, 2.75) is 19.1 Å². The summed E-state index contributed by atoms with van der Waals surface area (Å²) in [7, 11) is 0. The van der Waals surface area contributed by atoms with Crippen molar-refractivity contribution in [2.24, 2.45) is 0 Å². The molecule has 1 aromatic heterocycles. The number of aromatic nitrogens is 1. The quantitative estimate of drug-likeness (QED) is 0.453. The molecule has 1 atom stereocenters. The van der Waals surface area contributed by atoms with Crippen LogP contribution in [0.1, 0.15) is 4.88 Å². The monoisotopic (exact) mass is 545 g/mol. The Morgan fingerprint density at radius 2 is 1.95 bits per heavy atom. The van der Waals surface area contributed by atoms with Crippen LogP contribution in [0.25, 0.3) is 0 Å². The molecule has 2 fully saturated rings. The Kier molecular flexibility index (Phi) is 8.27. The van der Waals surface area contributed by atoms with Crippen LogP contribution in [-0.4, -0.2) is 79.8 Å². The van der Waals surface area contributed by atoms with Gasteiger partial charge in [0.25, 0.3) is 5.91 Å². The van der Waals surface area contributed by atoms with Crippen molar-refractivity contribution in [3.05, 3.63) is 40.4 Å². The molecule has 0 spiro atoms. The molecule has 1 unspecified atom stereocenters. The van der Waals surface area contributed by atoms with Gasteiger partial charge >= 0.3 is 18.5 Å². The van der Waals surface area contributed by atoms with Crippen LogP contribution >= 0.6 is 11.3 Å². The number of amides is 4. The number of hydrogen-bond acceptors (Lipinski definition) is 8. The fourth-order valence-electron chi connectivity index (χ4n) is 3.86. The first kappa shape index (κ1) is 26.4. The summed E-state index contributed by atoms with van der Waals surface area (Å²) in [6.45, 7) is 0.436. The number of rotatable bonds is 7. The Hall–Kier alpha value is -3.66. The van der Waals surface area contributed by atoms with E-state index in [9.17, 15) is 23.2 Å². The summed E-state index contributed by atoms with van der Waals surface area (Å²) >= 11 is 1.40. The lowest BCUT2D eigenvalue weighted by Crippen LogP contribution is -2.48. The zero-order valence-electron chi connectivity index (χ0n) is 19.3. The summed E-state index contributed by atoms with van der Waals surface area (Å²) in [4.78, 5) is 42.9. The Bertz CT molecular complexity index is 1120. The molecule has 2 aromatic rings. The second-order valence-corrected chi connectivity index (χ2v) is 9.06. The number of urea groups is 1. The van der Waals surface area contributed by atoms with Crippen molar-refractivity contribution < 1.29 is 36.7 Å². The average Bonchev–Trinajstić information content (AvgIpc) is 3.44. The van der Waals surface area contributed by atoms with E-state index >= 15 is 8.78 Å². The van der Waals surface area contributed by atoms with E-state index in [-0.39, 0.29) is 50.6 Å². The van der Waals surface area contributed by atoms with Crippen molar-refractivity contribution in [3.8, 4) is 0 Å². The van der Waals surface area contributed by atoms with E-state index in [1.54, 1.807) is 11.7 Å². The molecule has 200 valence electrons. The molecule has 3 heterocycles. The molecule has 2 aliphatic heterocycles. The number of carbonyl (C=O) groups excluding carboxylic acids is 3. The van der Waals surface area contributed by atoms with Crippen LogP contribution < -0.4 is 25.9 Å². The number of halogens is 4. The van der Waals surface area contributed by atoms with Crippen LogP contribution in [0.4, 0.5) is 38.5 Å². The molecule has 3 N–H and O–H groups in total. The lowest BCUT2D eigenvalue weighted by atomic mass is 10.2. The molecular formula is C21H23F4N7O4S. The number of nitrogens with zero attached hydrogens (tertiary/aromatic N) is 4. The van der Waals surface area contributed by atoms with Gasteiger partial charge in [-0.05, 0) is 0 Å². The van der Waals surface area contributed by atoms with E-state index in [2.05, 4.69) is 15.7 Å². The Morgan fingerprint density at radius 3 is 2.62 bits per heavy atom.